The highest BCUT2D eigenvalue weighted by Crippen LogP contribution is 2.18. The van der Waals surface area contributed by atoms with Crippen LogP contribution in [0.2, 0.25) is 0 Å². The molecule has 0 unspecified atom stereocenters. The number of carbonyl (C=O) groups is 1. The molecule has 28 heavy (non-hydrogen) atoms. The molecule has 3 rings (SSSR count). The van der Waals surface area contributed by atoms with Crippen LogP contribution >= 0.6 is 0 Å². The summed E-state index contributed by atoms with van der Waals surface area (Å²) in [5, 5.41) is 4.28. The molecule has 12 heteroatoms. The van der Waals surface area contributed by atoms with E-state index in [-0.39, 0.29) is 5.88 Å². The van der Waals surface area contributed by atoms with Crippen LogP contribution < -0.4 is 9.46 Å². The Balaban J connectivity index is 1.78. The van der Waals surface area contributed by atoms with E-state index in [4.69, 9.17) is 4.74 Å². The van der Waals surface area contributed by atoms with Crippen molar-refractivity contribution < 1.29 is 22.3 Å². The van der Waals surface area contributed by atoms with Crippen LogP contribution in [-0.4, -0.2) is 52.7 Å². The van der Waals surface area contributed by atoms with Gasteiger partial charge in [-0.15, -0.1) is 0 Å². The number of aromatic nitrogens is 4. The van der Waals surface area contributed by atoms with Gasteiger partial charge in [0.05, 0.1) is 11.9 Å². The summed E-state index contributed by atoms with van der Waals surface area (Å²) >= 11 is 0. The molecule has 0 saturated carbocycles. The van der Waals surface area contributed by atoms with Gasteiger partial charge in [-0.2, -0.15) is 22.8 Å². The van der Waals surface area contributed by atoms with Crippen molar-refractivity contribution in [3.8, 4) is 23.0 Å². The summed E-state index contributed by atoms with van der Waals surface area (Å²) in [4.78, 5) is 19.6. The van der Waals surface area contributed by atoms with Gasteiger partial charge in [0.25, 0.3) is 0 Å². The first-order chi connectivity index (χ1) is 13.2. The summed E-state index contributed by atoms with van der Waals surface area (Å²) < 4.78 is 45.4. The highest BCUT2D eigenvalue weighted by atomic mass is 32.2. The van der Waals surface area contributed by atoms with Crippen LogP contribution in [0.5, 0.6) is 5.88 Å². The van der Waals surface area contributed by atoms with Crippen molar-refractivity contribution in [3.63, 3.8) is 0 Å². The lowest BCUT2D eigenvalue weighted by molar-refractivity contribution is 0.204. The van der Waals surface area contributed by atoms with E-state index >= 15 is 0 Å². The number of amides is 1. The number of pyridine rings is 2. The van der Waals surface area contributed by atoms with Crippen LogP contribution in [-0.2, 0) is 10.2 Å². The van der Waals surface area contributed by atoms with E-state index in [0.717, 1.165) is 10.5 Å². The number of hydrogen-bond acceptors (Lipinski definition) is 7. The van der Waals surface area contributed by atoms with E-state index in [9.17, 15) is 17.6 Å². The zero-order valence-corrected chi connectivity index (χ0v) is 15.6. The predicted molar refractivity (Wildman–Crippen MR) is 96.3 cm³/mol. The van der Waals surface area contributed by atoms with Crippen molar-refractivity contribution in [1.82, 2.24) is 28.8 Å². The largest absolute Gasteiger partial charge is 0.428 e. The molecular formula is C16H15FN6O4S. The van der Waals surface area contributed by atoms with Gasteiger partial charge in [0.1, 0.15) is 5.82 Å². The van der Waals surface area contributed by atoms with Gasteiger partial charge >= 0.3 is 16.3 Å². The lowest BCUT2D eigenvalue weighted by Gasteiger charge is -2.12. The molecule has 0 aliphatic rings. The maximum absolute atomic E-state index is 13.3. The number of rotatable bonds is 5. The minimum atomic E-state index is -3.98. The molecular weight excluding hydrogens is 391 g/mol. The van der Waals surface area contributed by atoms with Gasteiger partial charge in [-0.25, -0.2) is 18.6 Å². The van der Waals surface area contributed by atoms with Gasteiger partial charge < -0.3 is 4.74 Å². The van der Waals surface area contributed by atoms with Crippen molar-refractivity contribution in [3.05, 3.63) is 54.7 Å². The molecule has 0 saturated heterocycles. The third-order valence-electron chi connectivity index (χ3n) is 3.42. The fourth-order valence-electron chi connectivity index (χ4n) is 2.06. The Morgan fingerprint density at radius 2 is 2.04 bits per heavy atom. The molecule has 10 nitrogen and oxygen atoms in total. The Morgan fingerprint density at radius 3 is 2.75 bits per heavy atom. The first-order valence-electron chi connectivity index (χ1n) is 7.81. The van der Waals surface area contributed by atoms with Crippen LogP contribution in [0.1, 0.15) is 0 Å². The number of hydrogen-bond donors (Lipinski definition) is 1. The van der Waals surface area contributed by atoms with Crippen molar-refractivity contribution in [2.75, 3.05) is 14.1 Å². The Labute approximate surface area is 159 Å². The molecule has 3 aromatic rings. The highest BCUT2D eigenvalue weighted by Gasteiger charge is 2.19. The molecule has 3 heterocycles. The predicted octanol–water partition coefficient (Wildman–Crippen LogP) is 1.36. The van der Waals surface area contributed by atoms with Crippen molar-refractivity contribution in [2.24, 2.45) is 0 Å². The van der Waals surface area contributed by atoms with E-state index in [2.05, 4.69) is 15.1 Å². The molecule has 0 fully saturated rings. The maximum Gasteiger partial charge on any atom is 0.428 e. The van der Waals surface area contributed by atoms with Gasteiger partial charge in [-0.3, -0.25) is 4.98 Å². The van der Waals surface area contributed by atoms with Crippen LogP contribution in [0.15, 0.2) is 48.9 Å². The number of ether oxygens (including phenoxy) is 1. The summed E-state index contributed by atoms with van der Waals surface area (Å²) in [5.74, 6) is -0.316. The van der Waals surface area contributed by atoms with E-state index < -0.39 is 22.1 Å². The van der Waals surface area contributed by atoms with Crippen molar-refractivity contribution in [2.45, 2.75) is 0 Å². The van der Waals surface area contributed by atoms with E-state index in [0.29, 0.717) is 17.1 Å². The third-order valence-corrected chi connectivity index (χ3v) is 4.81. The number of nitrogens with zero attached hydrogens (tertiary/aromatic N) is 5. The third kappa shape index (κ3) is 4.47. The lowest BCUT2D eigenvalue weighted by Crippen LogP contribution is -2.41. The molecule has 146 valence electrons. The van der Waals surface area contributed by atoms with Crippen LogP contribution in [0.3, 0.4) is 0 Å². The summed E-state index contributed by atoms with van der Waals surface area (Å²) in [5.41, 5.74) is 0.953. The average molecular weight is 406 g/mol. The van der Waals surface area contributed by atoms with Crippen molar-refractivity contribution in [1.29, 1.82) is 0 Å². The molecule has 1 N–H and O–H groups in total. The maximum atomic E-state index is 13.3. The fraction of sp³-hybridized carbons (Fsp3) is 0.125. The SMILES string of the molecule is CN(C)S(=O)(=O)NC(=O)Oc1cccc(-n2ccc(-c3cncc(F)c3)n2)n1. The van der Waals surface area contributed by atoms with Gasteiger partial charge in [-0.05, 0) is 18.2 Å². The van der Waals surface area contributed by atoms with Crippen LogP contribution in [0.25, 0.3) is 17.1 Å². The monoisotopic (exact) mass is 406 g/mol. The first-order valence-corrected chi connectivity index (χ1v) is 9.25. The molecule has 0 radical (unpaired) electrons. The summed E-state index contributed by atoms with van der Waals surface area (Å²) in [6, 6.07) is 7.47. The normalized spacial score (nSPS) is 11.4. The molecule has 0 spiro atoms. The molecule has 1 amide bonds. The number of nitrogens with one attached hydrogen (secondary N) is 1. The van der Waals surface area contributed by atoms with E-state index in [1.54, 1.807) is 29.1 Å². The zero-order chi connectivity index (χ0) is 20.3. The molecule has 0 aliphatic heterocycles. The van der Waals surface area contributed by atoms with Crippen LogP contribution in [0, 0.1) is 5.82 Å². The van der Waals surface area contributed by atoms with Gasteiger partial charge in [-0.1, -0.05) is 6.07 Å². The standard InChI is InChI=1S/C16H15FN6O4S/c1-22(2)28(25,26)21-16(24)27-15-5-3-4-14(19-15)23-7-6-13(20-23)11-8-12(17)10-18-9-11/h3-10H,1-2H3,(H,21,24). The van der Waals surface area contributed by atoms with E-state index in [1.165, 1.54) is 37.1 Å². The Bertz CT molecular complexity index is 1120. The Morgan fingerprint density at radius 1 is 1.25 bits per heavy atom. The summed E-state index contributed by atoms with van der Waals surface area (Å²) in [6.45, 7) is 0. The quantitative estimate of drug-likeness (QED) is 0.679. The highest BCUT2D eigenvalue weighted by molar-refractivity contribution is 7.87. The lowest BCUT2D eigenvalue weighted by atomic mass is 10.2. The molecule has 0 atom stereocenters. The summed E-state index contributed by atoms with van der Waals surface area (Å²) in [7, 11) is -1.46. The topological polar surface area (TPSA) is 119 Å². The molecule has 0 bridgehead atoms. The average Bonchev–Trinajstić information content (AvgIpc) is 3.11. The van der Waals surface area contributed by atoms with E-state index in [1.807, 2.05) is 0 Å². The first kappa shape index (κ1) is 19.4. The van der Waals surface area contributed by atoms with Gasteiger partial charge in [0, 0.05) is 38.1 Å². The molecule has 0 aromatic carbocycles. The van der Waals surface area contributed by atoms with Crippen molar-refractivity contribution >= 4 is 16.3 Å². The van der Waals surface area contributed by atoms with Gasteiger partial charge in [0.15, 0.2) is 5.82 Å². The Hall–Kier alpha value is -3.38. The van der Waals surface area contributed by atoms with Gasteiger partial charge in [0.2, 0.25) is 5.88 Å². The molecule has 0 aliphatic carbocycles. The second-order valence-corrected chi connectivity index (χ2v) is 7.53. The minimum absolute atomic E-state index is 0.131. The second-order valence-electron chi connectivity index (χ2n) is 5.65. The Kier molecular flexibility index (Phi) is 5.33. The summed E-state index contributed by atoms with van der Waals surface area (Å²) in [6.07, 6.45) is 2.94. The zero-order valence-electron chi connectivity index (χ0n) is 14.8. The number of halogens is 1. The second kappa shape index (κ2) is 7.70. The molecule has 3 aromatic heterocycles. The number of carbonyl (C=O) groups excluding carboxylic acids is 1. The fourth-order valence-corrected chi connectivity index (χ4v) is 2.49. The smallest absolute Gasteiger partial charge is 0.390 e. The minimum Gasteiger partial charge on any atom is -0.390 e. The van der Waals surface area contributed by atoms with Crippen LogP contribution in [0.4, 0.5) is 9.18 Å².